The molecule has 112 valence electrons. The van der Waals surface area contributed by atoms with Gasteiger partial charge in [0.15, 0.2) is 5.82 Å². The molecule has 4 N–H and O–H groups in total. The van der Waals surface area contributed by atoms with Crippen molar-refractivity contribution >= 4 is 33.3 Å². The molecule has 1 heterocycles. The monoisotopic (exact) mass is 351 g/mol. The summed E-state index contributed by atoms with van der Waals surface area (Å²) in [5.74, 6) is 7.22. The van der Waals surface area contributed by atoms with Crippen LogP contribution in [0.4, 0.5) is 17.3 Å². The number of nitrogens with one attached hydrogen (secondary N) is 2. The lowest BCUT2D eigenvalue weighted by Gasteiger charge is -2.12. The van der Waals surface area contributed by atoms with E-state index in [9.17, 15) is 0 Å². The number of halogens is 1. The largest absolute Gasteiger partial charge is 0.374 e. The van der Waals surface area contributed by atoms with E-state index in [1.807, 2.05) is 32.0 Å². The summed E-state index contributed by atoms with van der Waals surface area (Å²) in [6.45, 7) is 4.90. The van der Waals surface area contributed by atoms with Gasteiger partial charge in [0.1, 0.15) is 18.2 Å². The number of nitrogens with two attached hydrogens (primary N) is 1. The Morgan fingerprint density at radius 3 is 2.76 bits per heavy atom. The fraction of sp³-hybridized carbons (Fsp3) is 0.286. The third-order valence-corrected chi connectivity index (χ3v) is 3.75. The van der Waals surface area contributed by atoms with Crippen LogP contribution >= 0.6 is 15.9 Å². The minimum Gasteiger partial charge on any atom is -0.374 e. The number of nitrogen functional groups attached to an aromatic ring is 1. The van der Waals surface area contributed by atoms with Gasteiger partial charge in [0, 0.05) is 22.8 Å². The van der Waals surface area contributed by atoms with E-state index >= 15 is 0 Å². The Morgan fingerprint density at radius 2 is 2.05 bits per heavy atom. The van der Waals surface area contributed by atoms with Crippen LogP contribution in [0.2, 0.25) is 0 Å². The number of benzene rings is 1. The molecule has 0 spiro atoms. The van der Waals surface area contributed by atoms with Gasteiger partial charge in [-0.1, -0.05) is 22.0 Å². The van der Waals surface area contributed by atoms with Crippen molar-refractivity contribution in [2.24, 2.45) is 5.84 Å². The number of nitrogens with zero attached hydrogens (tertiary/aromatic N) is 2. The Balaban J connectivity index is 2.28. The summed E-state index contributed by atoms with van der Waals surface area (Å²) in [7, 11) is 0. The zero-order chi connectivity index (χ0) is 15.2. The van der Waals surface area contributed by atoms with Gasteiger partial charge in [-0.3, -0.25) is 0 Å². The maximum absolute atomic E-state index is 5.45. The minimum absolute atomic E-state index is 0.345. The fourth-order valence-corrected chi connectivity index (χ4v) is 2.14. The maximum Gasteiger partial charge on any atom is 0.158 e. The van der Waals surface area contributed by atoms with E-state index in [-0.39, 0.29) is 0 Å². The van der Waals surface area contributed by atoms with E-state index in [0.29, 0.717) is 30.7 Å². The van der Waals surface area contributed by atoms with Crippen molar-refractivity contribution in [3.05, 3.63) is 40.1 Å². The highest BCUT2D eigenvalue weighted by Gasteiger charge is 2.07. The van der Waals surface area contributed by atoms with Crippen LogP contribution in [0.5, 0.6) is 0 Å². The molecule has 1 aromatic carbocycles. The second-order valence-electron chi connectivity index (χ2n) is 4.37. The summed E-state index contributed by atoms with van der Waals surface area (Å²) in [5, 5.41) is 3.27. The average molecular weight is 352 g/mol. The first-order valence-corrected chi connectivity index (χ1v) is 7.37. The molecular weight excluding hydrogens is 334 g/mol. The summed E-state index contributed by atoms with van der Waals surface area (Å²) in [5.41, 5.74) is 4.61. The molecule has 0 unspecified atom stereocenters. The summed E-state index contributed by atoms with van der Waals surface area (Å²) in [4.78, 5) is 8.68. The van der Waals surface area contributed by atoms with Crippen molar-refractivity contribution < 1.29 is 4.74 Å². The number of rotatable bonds is 6. The van der Waals surface area contributed by atoms with Gasteiger partial charge in [0.25, 0.3) is 0 Å². The minimum atomic E-state index is 0.345. The van der Waals surface area contributed by atoms with Crippen LogP contribution in [0.15, 0.2) is 28.7 Å². The van der Waals surface area contributed by atoms with E-state index in [1.54, 1.807) is 6.07 Å². The molecular formula is C14H18BrN5O. The van der Waals surface area contributed by atoms with Crippen LogP contribution in [-0.4, -0.2) is 16.6 Å². The lowest BCUT2D eigenvalue weighted by Crippen LogP contribution is -2.12. The Hall–Kier alpha value is -1.70. The van der Waals surface area contributed by atoms with Gasteiger partial charge >= 0.3 is 0 Å². The van der Waals surface area contributed by atoms with Crippen LogP contribution in [0, 0.1) is 6.92 Å². The molecule has 0 saturated heterocycles. The number of hydrogen-bond donors (Lipinski definition) is 3. The molecule has 0 radical (unpaired) electrons. The van der Waals surface area contributed by atoms with E-state index in [2.05, 4.69) is 36.6 Å². The number of anilines is 3. The number of aromatic nitrogens is 2. The SMILES string of the molecule is CCOCc1nc(NN)cc(Nc2cccc(Br)c2C)n1. The lowest BCUT2D eigenvalue weighted by molar-refractivity contribution is 0.128. The molecule has 0 aliphatic rings. The highest BCUT2D eigenvalue weighted by molar-refractivity contribution is 9.10. The second-order valence-corrected chi connectivity index (χ2v) is 5.23. The summed E-state index contributed by atoms with van der Waals surface area (Å²) in [6, 6.07) is 7.69. The molecule has 0 atom stereocenters. The van der Waals surface area contributed by atoms with Crippen LogP contribution in [0.25, 0.3) is 0 Å². The topological polar surface area (TPSA) is 85.1 Å². The Labute approximate surface area is 132 Å². The fourth-order valence-electron chi connectivity index (χ4n) is 1.77. The zero-order valence-electron chi connectivity index (χ0n) is 12.0. The summed E-state index contributed by atoms with van der Waals surface area (Å²) >= 11 is 3.51. The van der Waals surface area contributed by atoms with Gasteiger partial charge < -0.3 is 15.5 Å². The van der Waals surface area contributed by atoms with Crippen molar-refractivity contribution in [3.8, 4) is 0 Å². The third kappa shape index (κ3) is 4.13. The van der Waals surface area contributed by atoms with E-state index in [0.717, 1.165) is 15.7 Å². The molecule has 0 amide bonds. The quantitative estimate of drug-likeness (QED) is 0.547. The smallest absolute Gasteiger partial charge is 0.158 e. The molecule has 1 aromatic heterocycles. The third-order valence-electron chi connectivity index (χ3n) is 2.89. The van der Waals surface area contributed by atoms with Crippen molar-refractivity contribution in [3.63, 3.8) is 0 Å². The molecule has 21 heavy (non-hydrogen) atoms. The highest BCUT2D eigenvalue weighted by Crippen LogP contribution is 2.26. The van der Waals surface area contributed by atoms with Gasteiger partial charge in [0.05, 0.1) is 0 Å². The van der Waals surface area contributed by atoms with Crippen LogP contribution in [0.3, 0.4) is 0 Å². The molecule has 0 bridgehead atoms. The molecule has 0 aliphatic carbocycles. The molecule has 0 saturated carbocycles. The zero-order valence-corrected chi connectivity index (χ0v) is 13.6. The van der Waals surface area contributed by atoms with Gasteiger partial charge in [-0.25, -0.2) is 15.8 Å². The standard InChI is InChI=1S/C14H18BrN5O/c1-3-21-8-14-18-12(7-13(19-14)20-16)17-11-6-4-5-10(15)9(11)2/h4-7H,3,8,16H2,1-2H3,(H2,17,18,19,20). The molecule has 0 fully saturated rings. The van der Waals surface area contributed by atoms with Crippen molar-refractivity contribution in [1.82, 2.24) is 9.97 Å². The van der Waals surface area contributed by atoms with E-state index in [1.165, 1.54) is 0 Å². The highest BCUT2D eigenvalue weighted by atomic mass is 79.9. The first-order chi connectivity index (χ1) is 10.1. The Morgan fingerprint density at radius 1 is 1.29 bits per heavy atom. The Bertz CT molecular complexity index is 620. The number of ether oxygens (including phenoxy) is 1. The van der Waals surface area contributed by atoms with Crippen LogP contribution in [-0.2, 0) is 11.3 Å². The number of hydrazine groups is 1. The predicted octanol–water partition coefficient (Wildman–Crippen LogP) is 3.11. The normalized spacial score (nSPS) is 10.5. The first kappa shape index (κ1) is 15.7. The van der Waals surface area contributed by atoms with Gasteiger partial charge in [-0.15, -0.1) is 0 Å². The number of hydrogen-bond acceptors (Lipinski definition) is 6. The lowest BCUT2D eigenvalue weighted by atomic mass is 10.2. The Kier molecular flexibility index (Phi) is 5.49. The molecule has 2 aromatic rings. The molecule has 7 heteroatoms. The van der Waals surface area contributed by atoms with Crippen molar-refractivity contribution in [2.45, 2.75) is 20.5 Å². The van der Waals surface area contributed by atoms with E-state index in [4.69, 9.17) is 10.6 Å². The predicted molar refractivity (Wildman–Crippen MR) is 87.3 cm³/mol. The van der Waals surface area contributed by atoms with Crippen molar-refractivity contribution in [1.29, 1.82) is 0 Å². The van der Waals surface area contributed by atoms with Crippen molar-refractivity contribution in [2.75, 3.05) is 17.3 Å². The van der Waals surface area contributed by atoms with Gasteiger partial charge in [0.2, 0.25) is 0 Å². The van der Waals surface area contributed by atoms with Gasteiger partial charge in [-0.05, 0) is 31.5 Å². The first-order valence-electron chi connectivity index (χ1n) is 6.58. The second kappa shape index (κ2) is 7.35. The summed E-state index contributed by atoms with van der Waals surface area (Å²) in [6.07, 6.45) is 0. The molecule has 0 aliphatic heterocycles. The summed E-state index contributed by atoms with van der Waals surface area (Å²) < 4.78 is 6.37. The molecule has 2 rings (SSSR count). The average Bonchev–Trinajstić information content (AvgIpc) is 2.49. The van der Waals surface area contributed by atoms with Gasteiger partial charge in [-0.2, -0.15) is 0 Å². The molecule has 6 nitrogen and oxygen atoms in total. The maximum atomic E-state index is 5.45. The van der Waals surface area contributed by atoms with Crippen LogP contribution in [0.1, 0.15) is 18.3 Å². The van der Waals surface area contributed by atoms with Crippen LogP contribution < -0.4 is 16.6 Å². The van der Waals surface area contributed by atoms with E-state index < -0.39 is 0 Å².